The second kappa shape index (κ2) is 11.4. The Morgan fingerprint density at radius 3 is 2.47 bits per heavy atom. The zero-order valence-corrected chi connectivity index (χ0v) is 22.2. The molecule has 38 heavy (non-hydrogen) atoms. The van der Waals surface area contributed by atoms with E-state index in [-0.39, 0.29) is 18.8 Å². The molecule has 1 aliphatic heterocycles. The summed E-state index contributed by atoms with van der Waals surface area (Å²) < 4.78 is 16.9. The van der Waals surface area contributed by atoms with E-state index in [4.69, 9.17) is 14.2 Å². The number of hydrogen-bond acceptors (Lipinski definition) is 6. The fourth-order valence-electron chi connectivity index (χ4n) is 4.28. The number of hydrogen-bond donors (Lipinski definition) is 0. The van der Waals surface area contributed by atoms with Crippen molar-refractivity contribution in [2.75, 3.05) is 19.7 Å². The fraction of sp³-hybridized carbons (Fsp3) is 0.323. The maximum absolute atomic E-state index is 12.9. The average Bonchev–Trinajstić information content (AvgIpc) is 3.35. The molecule has 7 heteroatoms. The molecule has 0 aliphatic carbocycles. The Balaban J connectivity index is 1.51. The molecule has 3 aromatic rings. The van der Waals surface area contributed by atoms with Crippen LogP contribution in [0.4, 0.5) is 4.79 Å². The number of benzene rings is 3. The number of carbonyl (C=O) groups excluding carboxylic acids is 2. The van der Waals surface area contributed by atoms with Gasteiger partial charge in [-0.2, -0.15) is 5.26 Å². The highest BCUT2D eigenvalue weighted by molar-refractivity contribution is 6.21. The molecular formula is C31H32N2O5. The first-order chi connectivity index (χ1) is 18.1. The molecule has 3 aromatic carbocycles. The first-order valence-electron chi connectivity index (χ1n) is 12.7. The van der Waals surface area contributed by atoms with Crippen molar-refractivity contribution in [3.05, 3.63) is 77.4 Å². The van der Waals surface area contributed by atoms with Crippen molar-refractivity contribution in [2.45, 2.75) is 45.8 Å². The van der Waals surface area contributed by atoms with Crippen LogP contribution >= 0.6 is 0 Å². The van der Waals surface area contributed by atoms with Crippen molar-refractivity contribution in [1.82, 2.24) is 4.90 Å². The van der Waals surface area contributed by atoms with E-state index in [9.17, 15) is 14.9 Å². The number of rotatable bonds is 6. The van der Waals surface area contributed by atoms with Crippen LogP contribution in [-0.4, -0.2) is 48.4 Å². The molecule has 0 N–H and O–H groups in total. The summed E-state index contributed by atoms with van der Waals surface area (Å²) >= 11 is 0. The number of nitrogens with zero attached hydrogens (tertiary/aromatic N) is 2. The third kappa shape index (κ3) is 6.71. The summed E-state index contributed by atoms with van der Waals surface area (Å²) in [6.07, 6.45) is 2.04. The minimum absolute atomic E-state index is 0.135. The Morgan fingerprint density at radius 2 is 1.79 bits per heavy atom. The first kappa shape index (κ1) is 26.7. The van der Waals surface area contributed by atoms with Gasteiger partial charge >= 0.3 is 12.1 Å². The minimum Gasteiger partial charge on any atom is -0.489 e. The number of esters is 1. The van der Waals surface area contributed by atoms with Gasteiger partial charge in [0.15, 0.2) is 0 Å². The highest BCUT2D eigenvalue weighted by Gasteiger charge is 2.31. The monoisotopic (exact) mass is 512 g/mol. The lowest BCUT2D eigenvalue weighted by Gasteiger charge is -2.24. The molecule has 0 saturated carbocycles. The van der Waals surface area contributed by atoms with E-state index in [1.165, 1.54) is 0 Å². The van der Waals surface area contributed by atoms with Gasteiger partial charge in [0, 0.05) is 13.0 Å². The highest BCUT2D eigenvalue weighted by Crippen LogP contribution is 2.27. The molecule has 1 fully saturated rings. The number of nitriles is 1. The van der Waals surface area contributed by atoms with E-state index in [0.29, 0.717) is 42.0 Å². The molecule has 196 valence electrons. The van der Waals surface area contributed by atoms with Crippen LogP contribution in [-0.2, 0) is 14.3 Å². The molecule has 7 nitrogen and oxygen atoms in total. The SMILES string of the molecule is CCOC(=O)/C(=C/c1ccc2ccc(C#N)cc2c1)c1ccc(O[C@H]2CCN(C(=O)OC(C)(C)C)C2)cc1. The lowest BCUT2D eigenvalue weighted by Crippen LogP contribution is -2.36. The highest BCUT2D eigenvalue weighted by atomic mass is 16.6. The van der Waals surface area contributed by atoms with Gasteiger partial charge in [0.25, 0.3) is 0 Å². The summed E-state index contributed by atoms with van der Waals surface area (Å²) in [7, 11) is 0. The third-order valence-electron chi connectivity index (χ3n) is 6.06. The Kier molecular flexibility index (Phi) is 8.02. The molecule has 0 spiro atoms. The van der Waals surface area contributed by atoms with Crippen molar-refractivity contribution in [3.63, 3.8) is 0 Å². The van der Waals surface area contributed by atoms with Gasteiger partial charge in [-0.3, -0.25) is 0 Å². The van der Waals surface area contributed by atoms with E-state index in [1.807, 2.05) is 75.4 Å². The van der Waals surface area contributed by atoms with Gasteiger partial charge in [0.1, 0.15) is 17.5 Å². The lowest BCUT2D eigenvalue weighted by atomic mass is 10.00. The molecule has 1 amide bonds. The molecule has 0 bridgehead atoms. The van der Waals surface area contributed by atoms with Crippen molar-refractivity contribution < 1.29 is 23.8 Å². The van der Waals surface area contributed by atoms with E-state index in [1.54, 1.807) is 24.0 Å². The Morgan fingerprint density at radius 1 is 1.05 bits per heavy atom. The van der Waals surface area contributed by atoms with Crippen molar-refractivity contribution in [3.8, 4) is 11.8 Å². The topological polar surface area (TPSA) is 88.9 Å². The number of fused-ring (bicyclic) bond motifs is 1. The maximum Gasteiger partial charge on any atom is 0.410 e. The number of likely N-dealkylation sites (tertiary alicyclic amines) is 1. The zero-order valence-electron chi connectivity index (χ0n) is 22.2. The summed E-state index contributed by atoms with van der Waals surface area (Å²) in [5.41, 5.74) is 1.98. The normalized spacial score (nSPS) is 15.7. The van der Waals surface area contributed by atoms with Crippen LogP contribution in [0.1, 0.15) is 50.8 Å². The van der Waals surface area contributed by atoms with E-state index < -0.39 is 11.6 Å². The Hall–Kier alpha value is -4.31. The van der Waals surface area contributed by atoms with Gasteiger partial charge in [-0.25, -0.2) is 9.59 Å². The van der Waals surface area contributed by atoms with Crippen LogP contribution in [0.15, 0.2) is 60.7 Å². The summed E-state index contributed by atoms with van der Waals surface area (Å²) in [4.78, 5) is 26.9. The molecular weight excluding hydrogens is 480 g/mol. The molecule has 1 atom stereocenters. The first-order valence-corrected chi connectivity index (χ1v) is 12.7. The van der Waals surface area contributed by atoms with Crippen LogP contribution in [0.25, 0.3) is 22.4 Å². The molecule has 1 aliphatic rings. The van der Waals surface area contributed by atoms with Crippen LogP contribution in [0.3, 0.4) is 0 Å². The van der Waals surface area contributed by atoms with E-state index in [0.717, 1.165) is 16.3 Å². The van der Waals surface area contributed by atoms with Gasteiger partial charge < -0.3 is 19.1 Å². The van der Waals surface area contributed by atoms with Crippen LogP contribution in [0, 0.1) is 11.3 Å². The average molecular weight is 513 g/mol. The van der Waals surface area contributed by atoms with Gasteiger partial charge in [-0.15, -0.1) is 0 Å². The lowest BCUT2D eigenvalue weighted by molar-refractivity contribution is -0.136. The van der Waals surface area contributed by atoms with Gasteiger partial charge in [0.05, 0.1) is 30.4 Å². The quantitative estimate of drug-likeness (QED) is 0.222. The van der Waals surface area contributed by atoms with Gasteiger partial charge in [-0.1, -0.05) is 30.3 Å². The van der Waals surface area contributed by atoms with E-state index in [2.05, 4.69) is 6.07 Å². The number of carbonyl (C=O) groups is 2. The summed E-state index contributed by atoms with van der Waals surface area (Å²) in [6.45, 7) is 8.61. The summed E-state index contributed by atoms with van der Waals surface area (Å²) in [6, 6.07) is 20.8. The zero-order chi connectivity index (χ0) is 27.3. The Bertz CT molecular complexity index is 1400. The smallest absolute Gasteiger partial charge is 0.410 e. The van der Waals surface area contributed by atoms with Crippen molar-refractivity contribution in [2.24, 2.45) is 0 Å². The van der Waals surface area contributed by atoms with Gasteiger partial charge in [-0.05, 0) is 86.0 Å². The number of ether oxygens (including phenoxy) is 3. The predicted octanol–water partition coefficient (Wildman–Crippen LogP) is 6.20. The second-order valence-electron chi connectivity index (χ2n) is 10.2. The standard InChI is InChI=1S/C31H32N2O5/c1-5-36-29(34)28(18-21-6-8-23-9-7-22(19-32)17-25(23)16-21)24-10-12-26(13-11-24)37-27-14-15-33(20-27)30(35)38-31(2,3)4/h6-13,16-18,27H,5,14-15,20H2,1-4H3/b28-18+/t27-/m0/s1. The van der Waals surface area contributed by atoms with Crippen molar-refractivity contribution in [1.29, 1.82) is 5.26 Å². The summed E-state index contributed by atoms with van der Waals surface area (Å²) in [5, 5.41) is 11.2. The molecule has 0 aromatic heterocycles. The van der Waals surface area contributed by atoms with E-state index >= 15 is 0 Å². The van der Waals surface area contributed by atoms with Crippen molar-refractivity contribution >= 4 is 34.5 Å². The largest absolute Gasteiger partial charge is 0.489 e. The third-order valence-corrected chi connectivity index (χ3v) is 6.06. The summed E-state index contributed by atoms with van der Waals surface area (Å²) in [5.74, 6) is 0.235. The van der Waals surface area contributed by atoms with Crippen LogP contribution < -0.4 is 4.74 Å². The maximum atomic E-state index is 12.9. The molecule has 0 radical (unpaired) electrons. The fourth-order valence-corrected chi connectivity index (χ4v) is 4.28. The molecule has 1 saturated heterocycles. The molecule has 0 unspecified atom stereocenters. The van der Waals surface area contributed by atoms with Crippen LogP contribution in [0.2, 0.25) is 0 Å². The second-order valence-corrected chi connectivity index (χ2v) is 10.2. The van der Waals surface area contributed by atoms with Crippen LogP contribution in [0.5, 0.6) is 5.75 Å². The number of amides is 1. The predicted molar refractivity (Wildman–Crippen MR) is 146 cm³/mol. The Labute approximate surface area is 223 Å². The molecule has 1 heterocycles. The molecule has 4 rings (SSSR count). The van der Waals surface area contributed by atoms with Gasteiger partial charge in [0.2, 0.25) is 0 Å². The minimum atomic E-state index is -0.539.